The number of imidazole rings is 1. The second kappa shape index (κ2) is 6.55. The van der Waals surface area contributed by atoms with Crippen LogP contribution in [0.5, 0.6) is 0 Å². The van der Waals surface area contributed by atoms with Crippen molar-refractivity contribution in [2.75, 3.05) is 20.3 Å². The van der Waals surface area contributed by atoms with Gasteiger partial charge in [-0.2, -0.15) is 0 Å². The minimum absolute atomic E-state index is 0.383. The largest absolute Gasteiger partial charge is 0.391 e. The first-order valence-electron chi connectivity index (χ1n) is 5.10. The Kier molecular flexibility index (Phi) is 5.31. The number of rotatable bonds is 7. The number of aromatic amines is 1. The van der Waals surface area contributed by atoms with E-state index in [2.05, 4.69) is 15.3 Å². The standard InChI is InChI=1S/C10H19N3O2/c1-8-12-6-9(13-8)5-11-4-3-10(14)7-15-2/h6,10-11,14H,3-5,7H2,1-2H3,(H,12,13). The summed E-state index contributed by atoms with van der Waals surface area (Å²) in [5.74, 6) is 0.922. The number of aryl methyl sites for hydroxylation is 1. The Morgan fingerprint density at radius 1 is 1.67 bits per heavy atom. The molecule has 1 aromatic rings. The average molecular weight is 213 g/mol. The zero-order chi connectivity index (χ0) is 11.1. The zero-order valence-corrected chi connectivity index (χ0v) is 9.29. The molecule has 5 heteroatoms. The predicted molar refractivity (Wildman–Crippen MR) is 57.5 cm³/mol. The molecule has 0 fully saturated rings. The summed E-state index contributed by atoms with van der Waals surface area (Å²) < 4.78 is 4.83. The van der Waals surface area contributed by atoms with E-state index in [0.717, 1.165) is 24.6 Å². The second-order valence-corrected chi connectivity index (χ2v) is 3.57. The lowest BCUT2D eigenvalue weighted by atomic mass is 10.2. The van der Waals surface area contributed by atoms with Crippen molar-refractivity contribution < 1.29 is 9.84 Å². The van der Waals surface area contributed by atoms with Gasteiger partial charge in [0, 0.05) is 25.5 Å². The summed E-state index contributed by atoms with van der Waals surface area (Å²) in [5.41, 5.74) is 1.06. The molecular weight excluding hydrogens is 194 g/mol. The molecule has 1 heterocycles. The first-order chi connectivity index (χ1) is 7.22. The normalized spacial score (nSPS) is 13.0. The third kappa shape index (κ3) is 4.92. The van der Waals surface area contributed by atoms with Gasteiger partial charge in [-0.15, -0.1) is 0 Å². The molecule has 0 radical (unpaired) electrons. The van der Waals surface area contributed by atoms with Crippen molar-refractivity contribution in [2.24, 2.45) is 0 Å². The highest BCUT2D eigenvalue weighted by Crippen LogP contribution is 1.95. The quantitative estimate of drug-likeness (QED) is 0.566. The van der Waals surface area contributed by atoms with Crippen LogP contribution in [0.1, 0.15) is 17.9 Å². The molecule has 0 saturated carbocycles. The molecule has 0 saturated heterocycles. The highest BCUT2D eigenvalue weighted by atomic mass is 16.5. The summed E-state index contributed by atoms with van der Waals surface area (Å²) in [6, 6.07) is 0. The lowest BCUT2D eigenvalue weighted by Gasteiger charge is -2.09. The van der Waals surface area contributed by atoms with Crippen molar-refractivity contribution in [1.82, 2.24) is 15.3 Å². The first-order valence-corrected chi connectivity index (χ1v) is 5.10. The van der Waals surface area contributed by atoms with Gasteiger partial charge < -0.3 is 20.1 Å². The second-order valence-electron chi connectivity index (χ2n) is 3.57. The third-order valence-electron chi connectivity index (χ3n) is 2.08. The maximum absolute atomic E-state index is 9.37. The van der Waals surface area contributed by atoms with Gasteiger partial charge in [-0.25, -0.2) is 4.98 Å². The van der Waals surface area contributed by atoms with Gasteiger partial charge in [-0.05, 0) is 19.9 Å². The Morgan fingerprint density at radius 2 is 2.47 bits per heavy atom. The van der Waals surface area contributed by atoms with E-state index in [1.54, 1.807) is 7.11 Å². The van der Waals surface area contributed by atoms with E-state index in [4.69, 9.17) is 4.74 Å². The summed E-state index contributed by atoms with van der Waals surface area (Å²) in [5, 5.41) is 12.6. The van der Waals surface area contributed by atoms with Crippen LogP contribution in [-0.2, 0) is 11.3 Å². The van der Waals surface area contributed by atoms with Crippen molar-refractivity contribution in [2.45, 2.75) is 26.0 Å². The molecule has 0 spiro atoms. The third-order valence-corrected chi connectivity index (χ3v) is 2.08. The van der Waals surface area contributed by atoms with Crippen molar-refractivity contribution in [1.29, 1.82) is 0 Å². The van der Waals surface area contributed by atoms with E-state index >= 15 is 0 Å². The van der Waals surface area contributed by atoms with Gasteiger partial charge in [0.05, 0.1) is 12.7 Å². The number of methoxy groups -OCH3 is 1. The fraction of sp³-hybridized carbons (Fsp3) is 0.700. The molecule has 86 valence electrons. The molecule has 0 aliphatic rings. The Hall–Kier alpha value is -0.910. The molecule has 1 atom stereocenters. The number of hydrogen-bond acceptors (Lipinski definition) is 4. The molecule has 15 heavy (non-hydrogen) atoms. The van der Waals surface area contributed by atoms with Crippen LogP contribution < -0.4 is 5.32 Å². The van der Waals surface area contributed by atoms with Crippen LogP contribution in [0.2, 0.25) is 0 Å². The van der Waals surface area contributed by atoms with Gasteiger partial charge in [0.1, 0.15) is 5.82 Å². The van der Waals surface area contributed by atoms with Crippen LogP contribution in [0.3, 0.4) is 0 Å². The van der Waals surface area contributed by atoms with Gasteiger partial charge in [0.2, 0.25) is 0 Å². The van der Waals surface area contributed by atoms with Crippen LogP contribution in [0.15, 0.2) is 6.20 Å². The smallest absolute Gasteiger partial charge is 0.103 e. The molecule has 1 aromatic heterocycles. The van der Waals surface area contributed by atoms with E-state index in [-0.39, 0.29) is 6.10 Å². The monoisotopic (exact) mass is 213 g/mol. The summed E-state index contributed by atoms with van der Waals surface area (Å²) in [7, 11) is 1.59. The highest BCUT2D eigenvalue weighted by Gasteiger charge is 2.02. The van der Waals surface area contributed by atoms with Crippen molar-refractivity contribution in [3.63, 3.8) is 0 Å². The molecule has 1 unspecified atom stereocenters. The number of H-pyrrole nitrogens is 1. The molecular formula is C10H19N3O2. The fourth-order valence-corrected chi connectivity index (χ4v) is 1.33. The molecule has 0 bridgehead atoms. The van der Waals surface area contributed by atoms with Gasteiger partial charge in [0.25, 0.3) is 0 Å². The van der Waals surface area contributed by atoms with Crippen LogP contribution >= 0.6 is 0 Å². The average Bonchev–Trinajstić information content (AvgIpc) is 2.60. The summed E-state index contributed by atoms with van der Waals surface area (Å²) >= 11 is 0. The molecule has 1 rings (SSSR count). The van der Waals surface area contributed by atoms with Crippen molar-refractivity contribution in [3.05, 3.63) is 17.7 Å². The van der Waals surface area contributed by atoms with E-state index in [0.29, 0.717) is 13.0 Å². The van der Waals surface area contributed by atoms with Gasteiger partial charge in [-0.3, -0.25) is 0 Å². The topological polar surface area (TPSA) is 70.2 Å². The number of nitrogens with one attached hydrogen (secondary N) is 2. The Labute approximate surface area is 89.9 Å². The number of ether oxygens (including phenoxy) is 1. The summed E-state index contributed by atoms with van der Waals surface area (Å²) in [6.07, 6.45) is 2.13. The minimum atomic E-state index is -0.383. The van der Waals surface area contributed by atoms with Gasteiger partial charge in [-0.1, -0.05) is 0 Å². The van der Waals surface area contributed by atoms with Crippen LogP contribution in [0.4, 0.5) is 0 Å². The van der Waals surface area contributed by atoms with E-state index in [1.807, 2.05) is 13.1 Å². The SMILES string of the molecule is COCC(O)CCNCc1cnc(C)[nH]1. The fourth-order valence-electron chi connectivity index (χ4n) is 1.33. The zero-order valence-electron chi connectivity index (χ0n) is 9.29. The maximum Gasteiger partial charge on any atom is 0.103 e. The maximum atomic E-state index is 9.37. The number of aromatic nitrogens is 2. The Balaban J connectivity index is 2.06. The van der Waals surface area contributed by atoms with Crippen molar-refractivity contribution in [3.8, 4) is 0 Å². The Bertz CT molecular complexity index is 275. The highest BCUT2D eigenvalue weighted by molar-refractivity contribution is 4.99. The number of hydrogen-bond donors (Lipinski definition) is 3. The van der Waals surface area contributed by atoms with Crippen molar-refractivity contribution >= 4 is 0 Å². The van der Waals surface area contributed by atoms with Crippen LogP contribution in [0.25, 0.3) is 0 Å². The lowest BCUT2D eigenvalue weighted by Crippen LogP contribution is -2.23. The summed E-state index contributed by atoms with van der Waals surface area (Å²) in [4.78, 5) is 7.22. The summed E-state index contributed by atoms with van der Waals surface area (Å²) in [6.45, 7) is 3.83. The predicted octanol–water partition coefficient (Wildman–Crippen LogP) is 0.205. The van der Waals surface area contributed by atoms with Crippen LogP contribution in [-0.4, -0.2) is 41.4 Å². The van der Waals surface area contributed by atoms with E-state index < -0.39 is 0 Å². The number of aliphatic hydroxyl groups is 1. The molecule has 0 aliphatic carbocycles. The number of aliphatic hydroxyl groups excluding tert-OH is 1. The molecule has 0 aliphatic heterocycles. The molecule has 5 nitrogen and oxygen atoms in total. The van der Waals surface area contributed by atoms with Gasteiger partial charge >= 0.3 is 0 Å². The first kappa shape index (κ1) is 12.2. The van der Waals surface area contributed by atoms with E-state index in [1.165, 1.54) is 0 Å². The van der Waals surface area contributed by atoms with Crippen LogP contribution in [0, 0.1) is 6.92 Å². The number of nitrogens with zero attached hydrogens (tertiary/aromatic N) is 1. The minimum Gasteiger partial charge on any atom is -0.391 e. The van der Waals surface area contributed by atoms with Gasteiger partial charge in [0.15, 0.2) is 0 Å². The molecule has 0 aromatic carbocycles. The molecule has 3 N–H and O–H groups in total. The Morgan fingerprint density at radius 3 is 3.07 bits per heavy atom. The molecule has 0 amide bonds. The van der Waals surface area contributed by atoms with E-state index in [9.17, 15) is 5.11 Å². The lowest BCUT2D eigenvalue weighted by molar-refractivity contribution is 0.0594.